The van der Waals surface area contributed by atoms with Crippen LogP contribution in [-0.2, 0) is 4.79 Å². The van der Waals surface area contributed by atoms with Crippen LogP contribution in [0.15, 0.2) is 42.5 Å². The number of nitrogens with one attached hydrogen (secondary N) is 1. The van der Waals surface area contributed by atoms with Crippen LogP contribution in [-0.4, -0.2) is 27.7 Å². The number of alkyl halides is 4. The van der Waals surface area contributed by atoms with Gasteiger partial charge in [0.1, 0.15) is 34.7 Å². The number of hydrogen-bond acceptors (Lipinski definition) is 6. The minimum Gasteiger partial charge on any atom is -0.497 e. The third-order valence-corrected chi connectivity index (χ3v) is 5.12. The Labute approximate surface area is 200 Å². The average Bonchev–Trinajstić information content (AvgIpc) is 3.16. The lowest BCUT2D eigenvalue weighted by molar-refractivity contribution is -0.384. The van der Waals surface area contributed by atoms with E-state index in [2.05, 4.69) is 10.4 Å². The highest BCUT2D eigenvalue weighted by atomic mass is 35.5. The van der Waals surface area contributed by atoms with Gasteiger partial charge in [0, 0.05) is 12.1 Å². The molecule has 3 rings (SSSR count). The summed E-state index contributed by atoms with van der Waals surface area (Å²) in [4.78, 5) is 23.3. The van der Waals surface area contributed by atoms with E-state index in [-0.39, 0.29) is 11.4 Å². The van der Waals surface area contributed by atoms with Crippen LogP contribution in [0.5, 0.6) is 17.2 Å². The zero-order valence-electron chi connectivity index (χ0n) is 18.0. The monoisotopic (exact) mass is 516 g/mol. The van der Waals surface area contributed by atoms with Crippen LogP contribution in [0.1, 0.15) is 37.2 Å². The molecular weight excluding hydrogens is 500 g/mol. The van der Waals surface area contributed by atoms with E-state index in [0.29, 0.717) is 16.2 Å². The Morgan fingerprint density at radius 2 is 1.71 bits per heavy atom. The fourth-order valence-electron chi connectivity index (χ4n) is 3.03. The Bertz CT molecular complexity index is 1240. The Morgan fingerprint density at radius 1 is 1.09 bits per heavy atom. The number of anilines is 1. The van der Waals surface area contributed by atoms with E-state index in [9.17, 15) is 32.5 Å². The zero-order chi connectivity index (χ0) is 25.9. The van der Waals surface area contributed by atoms with Gasteiger partial charge in [-0.05, 0) is 31.2 Å². The molecule has 1 unspecified atom stereocenters. The van der Waals surface area contributed by atoms with Gasteiger partial charge >= 0.3 is 0 Å². The summed E-state index contributed by atoms with van der Waals surface area (Å²) in [5.74, 6) is -0.120. The fraction of sp³-hybridized carbons (Fsp3) is 0.238. The number of nitro groups is 1. The van der Waals surface area contributed by atoms with Gasteiger partial charge in [0.15, 0.2) is 0 Å². The Hall–Kier alpha value is -3.87. The molecule has 1 atom stereocenters. The maximum Gasteiger partial charge on any atom is 0.283 e. The van der Waals surface area contributed by atoms with E-state index >= 15 is 0 Å². The van der Waals surface area contributed by atoms with Crippen LogP contribution in [0.4, 0.5) is 28.9 Å². The SMILES string of the molecule is COc1ccc(Oc2cc(NC(=O)C(C)n3nc(C(F)F)c(Cl)c3C(F)F)cc([N+](=O)[O-])c2)cc1. The molecule has 0 radical (unpaired) electrons. The topological polar surface area (TPSA) is 109 Å². The minimum absolute atomic E-state index is 0.0114. The fourth-order valence-corrected chi connectivity index (χ4v) is 3.32. The molecule has 1 N–H and O–H groups in total. The second-order valence-electron chi connectivity index (χ2n) is 7.05. The zero-order valence-corrected chi connectivity index (χ0v) is 18.8. The number of hydrogen-bond donors (Lipinski definition) is 1. The molecule has 0 aliphatic rings. The first-order valence-corrected chi connectivity index (χ1v) is 10.2. The van der Waals surface area contributed by atoms with Crippen LogP contribution >= 0.6 is 11.6 Å². The normalized spacial score (nSPS) is 12.0. The van der Waals surface area contributed by atoms with Crippen molar-refractivity contribution in [3.63, 3.8) is 0 Å². The lowest BCUT2D eigenvalue weighted by Gasteiger charge is -2.16. The van der Waals surface area contributed by atoms with Gasteiger partial charge in [0.25, 0.3) is 18.5 Å². The smallest absolute Gasteiger partial charge is 0.283 e. The molecule has 0 bridgehead atoms. The molecule has 35 heavy (non-hydrogen) atoms. The summed E-state index contributed by atoms with van der Waals surface area (Å²) in [5, 5.41) is 16.1. The molecule has 1 amide bonds. The second kappa shape index (κ2) is 10.6. The summed E-state index contributed by atoms with van der Waals surface area (Å²) < 4.78 is 64.1. The molecule has 0 saturated heterocycles. The lowest BCUT2D eigenvalue weighted by Crippen LogP contribution is -2.26. The summed E-state index contributed by atoms with van der Waals surface area (Å²) in [6.45, 7) is 1.13. The maximum atomic E-state index is 13.4. The Kier molecular flexibility index (Phi) is 7.79. The summed E-state index contributed by atoms with van der Waals surface area (Å²) in [7, 11) is 1.47. The number of nitrogens with zero attached hydrogens (tertiary/aromatic N) is 3. The van der Waals surface area contributed by atoms with Gasteiger partial charge in [-0.25, -0.2) is 22.2 Å². The minimum atomic E-state index is -3.29. The highest BCUT2D eigenvalue weighted by Gasteiger charge is 2.32. The molecular formula is C21H17ClF4N4O5. The van der Waals surface area contributed by atoms with Crippen molar-refractivity contribution in [3.8, 4) is 17.2 Å². The van der Waals surface area contributed by atoms with E-state index < -0.39 is 51.8 Å². The van der Waals surface area contributed by atoms with Crippen molar-refractivity contribution in [1.29, 1.82) is 0 Å². The molecule has 0 aliphatic heterocycles. The first kappa shape index (κ1) is 25.7. The van der Waals surface area contributed by atoms with Crippen molar-refractivity contribution in [2.24, 2.45) is 0 Å². The predicted molar refractivity (Wildman–Crippen MR) is 117 cm³/mol. The Morgan fingerprint density at radius 3 is 2.26 bits per heavy atom. The van der Waals surface area contributed by atoms with Crippen LogP contribution in [0.3, 0.4) is 0 Å². The molecule has 0 aliphatic carbocycles. The number of benzene rings is 2. The van der Waals surface area contributed by atoms with Crippen molar-refractivity contribution < 1.29 is 36.8 Å². The van der Waals surface area contributed by atoms with Crippen molar-refractivity contribution in [3.05, 3.63) is 69.0 Å². The van der Waals surface area contributed by atoms with E-state index in [1.54, 1.807) is 24.3 Å². The van der Waals surface area contributed by atoms with E-state index in [1.165, 1.54) is 13.2 Å². The molecule has 1 heterocycles. The Balaban J connectivity index is 1.89. The number of carbonyl (C=O) groups excluding carboxylic acids is 1. The number of carbonyl (C=O) groups is 1. The number of non-ortho nitro benzene ring substituents is 1. The molecule has 2 aromatic carbocycles. The van der Waals surface area contributed by atoms with Gasteiger partial charge in [-0.2, -0.15) is 5.10 Å². The number of methoxy groups -OCH3 is 1. The number of ether oxygens (including phenoxy) is 2. The summed E-state index contributed by atoms with van der Waals surface area (Å²) in [5.41, 5.74) is -2.68. The van der Waals surface area contributed by atoms with E-state index in [4.69, 9.17) is 21.1 Å². The van der Waals surface area contributed by atoms with Gasteiger partial charge in [0.05, 0.1) is 28.8 Å². The molecule has 0 fully saturated rings. The first-order chi connectivity index (χ1) is 16.5. The van der Waals surface area contributed by atoms with Crippen molar-refractivity contribution in [2.75, 3.05) is 12.4 Å². The third-order valence-electron chi connectivity index (χ3n) is 4.74. The van der Waals surface area contributed by atoms with Gasteiger partial charge in [-0.15, -0.1) is 0 Å². The molecule has 9 nitrogen and oxygen atoms in total. The van der Waals surface area contributed by atoms with Gasteiger partial charge in [-0.1, -0.05) is 11.6 Å². The molecule has 1 aromatic heterocycles. The number of aromatic nitrogens is 2. The largest absolute Gasteiger partial charge is 0.497 e. The molecule has 3 aromatic rings. The second-order valence-corrected chi connectivity index (χ2v) is 7.42. The van der Waals surface area contributed by atoms with Crippen LogP contribution in [0.2, 0.25) is 5.02 Å². The predicted octanol–water partition coefficient (Wildman–Crippen LogP) is 6.32. The quantitative estimate of drug-likeness (QED) is 0.202. The van der Waals surface area contributed by atoms with E-state index in [1.807, 2.05) is 0 Å². The van der Waals surface area contributed by atoms with Gasteiger partial charge in [-0.3, -0.25) is 14.9 Å². The van der Waals surface area contributed by atoms with Gasteiger partial charge in [0.2, 0.25) is 5.91 Å². The van der Waals surface area contributed by atoms with Crippen LogP contribution in [0.25, 0.3) is 0 Å². The molecule has 14 heteroatoms. The van der Waals surface area contributed by atoms with Crippen LogP contribution < -0.4 is 14.8 Å². The van der Waals surface area contributed by atoms with E-state index in [0.717, 1.165) is 19.1 Å². The van der Waals surface area contributed by atoms with Crippen molar-refractivity contribution >= 4 is 28.9 Å². The van der Waals surface area contributed by atoms with Crippen molar-refractivity contribution in [2.45, 2.75) is 25.8 Å². The third kappa shape index (κ3) is 5.80. The van der Waals surface area contributed by atoms with Gasteiger partial charge < -0.3 is 14.8 Å². The van der Waals surface area contributed by atoms with Crippen molar-refractivity contribution in [1.82, 2.24) is 9.78 Å². The van der Waals surface area contributed by atoms with Crippen LogP contribution in [0, 0.1) is 10.1 Å². The molecule has 0 spiro atoms. The number of halogens is 5. The maximum absolute atomic E-state index is 13.4. The lowest BCUT2D eigenvalue weighted by atomic mass is 10.2. The average molecular weight is 517 g/mol. The highest BCUT2D eigenvalue weighted by Crippen LogP contribution is 2.36. The molecule has 0 saturated carbocycles. The highest BCUT2D eigenvalue weighted by molar-refractivity contribution is 6.32. The number of nitro benzene ring substituents is 1. The summed E-state index contributed by atoms with van der Waals surface area (Å²) in [6.07, 6.45) is -6.54. The molecule has 186 valence electrons. The summed E-state index contributed by atoms with van der Waals surface area (Å²) in [6, 6.07) is 8.16. The first-order valence-electron chi connectivity index (χ1n) is 9.78. The number of rotatable bonds is 9. The standard InChI is InChI=1S/C21H17ClF4N4O5/c1-10(29-18(20(25)26)16(22)17(28-29)19(23)24)21(31)27-11-7-12(30(32)33)9-15(8-11)35-14-5-3-13(34-2)4-6-14/h3-10,19-20H,1-2H3,(H,27,31). The number of amides is 1. The summed E-state index contributed by atoms with van der Waals surface area (Å²) >= 11 is 5.63.